The largest absolute Gasteiger partial charge is 0.494 e. The topological polar surface area (TPSA) is 41.9 Å². The Morgan fingerprint density at radius 1 is 1.16 bits per heavy atom. The predicted octanol–water partition coefficient (Wildman–Crippen LogP) is 1.92. The molecule has 1 aliphatic rings. The molecule has 1 heterocycles. The number of nitrogens with zero attached hydrogens (tertiary/aromatic N) is 1. The van der Waals surface area contributed by atoms with E-state index in [1.807, 2.05) is 24.3 Å². The average Bonchev–Trinajstić information content (AvgIpc) is 2.84. The number of likely N-dealkylation sites (tertiary alicyclic amines) is 1. The molecule has 1 saturated heterocycles. The van der Waals surface area contributed by atoms with Gasteiger partial charge in [-0.1, -0.05) is 6.92 Å². The zero-order valence-electron chi connectivity index (χ0n) is 11.5. The fourth-order valence-electron chi connectivity index (χ4n) is 2.16. The number of ether oxygens (including phenoxy) is 2. The van der Waals surface area contributed by atoms with Gasteiger partial charge in [-0.25, -0.2) is 0 Å². The van der Waals surface area contributed by atoms with E-state index in [1.54, 1.807) is 0 Å². The normalized spacial score (nSPS) is 19.6. The lowest BCUT2D eigenvalue weighted by atomic mass is 10.3. The minimum absolute atomic E-state index is 0.157. The SMILES string of the molecule is CCCOc1ccc(OCCN2CC[C@H](O)C2)cc1. The Morgan fingerprint density at radius 2 is 1.79 bits per heavy atom. The molecule has 4 heteroatoms. The van der Waals surface area contributed by atoms with E-state index in [0.717, 1.165) is 50.6 Å². The van der Waals surface area contributed by atoms with E-state index >= 15 is 0 Å². The first-order valence-corrected chi connectivity index (χ1v) is 7.04. The lowest BCUT2D eigenvalue weighted by molar-refractivity contribution is 0.167. The molecule has 0 unspecified atom stereocenters. The van der Waals surface area contributed by atoms with Crippen LogP contribution in [0.25, 0.3) is 0 Å². The number of aliphatic hydroxyl groups is 1. The van der Waals surface area contributed by atoms with Gasteiger partial charge < -0.3 is 14.6 Å². The summed E-state index contributed by atoms with van der Waals surface area (Å²) >= 11 is 0. The molecule has 4 nitrogen and oxygen atoms in total. The van der Waals surface area contributed by atoms with E-state index < -0.39 is 0 Å². The molecule has 0 aromatic heterocycles. The van der Waals surface area contributed by atoms with Crippen LogP contribution in [0.2, 0.25) is 0 Å². The first kappa shape index (κ1) is 14.2. The molecule has 0 aliphatic carbocycles. The summed E-state index contributed by atoms with van der Waals surface area (Å²) in [5.74, 6) is 1.75. The maximum Gasteiger partial charge on any atom is 0.119 e. The highest BCUT2D eigenvalue weighted by molar-refractivity contribution is 5.31. The van der Waals surface area contributed by atoms with Gasteiger partial charge in [0.05, 0.1) is 12.7 Å². The summed E-state index contributed by atoms with van der Waals surface area (Å²) in [7, 11) is 0. The lowest BCUT2D eigenvalue weighted by Gasteiger charge is -2.15. The van der Waals surface area contributed by atoms with Crippen molar-refractivity contribution in [2.75, 3.05) is 32.8 Å². The second-order valence-corrected chi connectivity index (χ2v) is 4.91. The van der Waals surface area contributed by atoms with Gasteiger partial charge in [0.25, 0.3) is 0 Å². The van der Waals surface area contributed by atoms with Gasteiger partial charge in [-0.05, 0) is 37.1 Å². The van der Waals surface area contributed by atoms with E-state index in [2.05, 4.69) is 11.8 Å². The summed E-state index contributed by atoms with van der Waals surface area (Å²) < 4.78 is 11.2. The minimum Gasteiger partial charge on any atom is -0.494 e. The molecule has 0 spiro atoms. The van der Waals surface area contributed by atoms with Gasteiger partial charge >= 0.3 is 0 Å². The average molecular weight is 265 g/mol. The zero-order valence-corrected chi connectivity index (χ0v) is 11.5. The summed E-state index contributed by atoms with van der Waals surface area (Å²) in [6.45, 7) is 6.10. The van der Waals surface area contributed by atoms with E-state index in [1.165, 1.54) is 0 Å². The molecule has 106 valence electrons. The Labute approximate surface area is 114 Å². The second-order valence-electron chi connectivity index (χ2n) is 4.91. The quantitative estimate of drug-likeness (QED) is 0.818. The van der Waals surface area contributed by atoms with Gasteiger partial charge in [0, 0.05) is 19.6 Å². The number of rotatable bonds is 7. The standard InChI is InChI=1S/C15H23NO3/c1-2-10-18-14-3-5-15(6-4-14)19-11-9-16-8-7-13(17)12-16/h3-6,13,17H,2,7-12H2,1H3/t13-/m0/s1. The second kappa shape index (κ2) is 7.36. The van der Waals surface area contributed by atoms with Crippen LogP contribution in [0, 0.1) is 0 Å². The van der Waals surface area contributed by atoms with Crippen LogP contribution < -0.4 is 9.47 Å². The van der Waals surface area contributed by atoms with Crippen LogP contribution in [0.5, 0.6) is 11.5 Å². The summed E-state index contributed by atoms with van der Waals surface area (Å²) in [5.41, 5.74) is 0. The van der Waals surface area contributed by atoms with Crippen molar-refractivity contribution in [3.63, 3.8) is 0 Å². The lowest BCUT2D eigenvalue weighted by Crippen LogP contribution is -2.27. The summed E-state index contributed by atoms with van der Waals surface area (Å²) in [5, 5.41) is 9.42. The Balaban J connectivity index is 1.68. The third-order valence-corrected chi connectivity index (χ3v) is 3.22. The van der Waals surface area contributed by atoms with Crippen LogP contribution >= 0.6 is 0 Å². The summed E-state index contributed by atoms with van der Waals surface area (Å²) in [6, 6.07) is 7.74. The number of hydrogen-bond acceptors (Lipinski definition) is 4. The van der Waals surface area contributed by atoms with Crippen LogP contribution in [0.4, 0.5) is 0 Å². The third-order valence-electron chi connectivity index (χ3n) is 3.22. The van der Waals surface area contributed by atoms with Crippen molar-refractivity contribution in [3.05, 3.63) is 24.3 Å². The van der Waals surface area contributed by atoms with Crippen molar-refractivity contribution in [1.82, 2.24) is 4.90 Å². The van der Waals surface area contributed by atoms with Crippen molar-refractivity contribution < 1.29 is 14.6 Å². The highest BCUT2D eigenvalue weighted by atomic mass is 16.5. The maximum absolute atomic E-state index is 9.42. The molecule has 1 aromatic rings. The van der Waals surface area contributed by atoms with Crippen LogP contribution in [0.15, 0.2) is 24.3 Å². The van der Waals surface area contributed by atoms with E-state index in [4.69, 9.17) is 9.47 Å². The summed E-state index contributed by atoms with van der Waals surface area (Å²) in [4.78, 5) is 2.23. The molecule has 1 aromatic carbocycles. The molecule has 1 atom stereocenters. The molecule has 1 aliphatic heterocycles. The van der Waals surface area contributed by atoms with Crippen molar-refractivity contribution in [3.8, 4) is 11.5 Å². The van der Waals surface area contributed by atoms with Crippen LogP contribution in [-0.4, -0.2) is 49.0 Å². The van der Waals surface area contributed by atoms with E-state index in [9.17, 15) is 5.11 Å². The first-order valence-electron chi connectivity index (χ1n) is 7.04. The number of hydrogen-bond donors (Lipinski definition) is 1. The predicted molar refractivity (Wildman–Crippen MR) is 74.8 cm³/mol. The van der Waals surface area contributed by atoms with Crippen molar-refractivity contribution in [1.29, 1.82) is 0 Å². The van der Waals surface area contributed by atoms with Crippen molar-refractivity contribution in [2.45, 2.75) is 25.9 Å². The molecule has 0 saturated carbocycles. The monoisotopic (exact) mass is 265 g/mol. The van der Waals surface area contributed by atoms with Gasteiger partial charge in [0.15, 0.2) is 0 Å². The van der Waals surface area contributed by atoms with Gasteiger partial charge in [-0.2, -0.15) is 0 Å². The third kappa shape index (κ3) is 4.73. The fraction of sp³-hybridized carbons (Fsp3) is 0.600. The summed E-state index contributed by atoms with van der Waals surface area (Å²) in [6.07, 6.45) is 1.73. The molecule has 1 fully saturated rings. The van der Waals surface area contributed by atoms with Gasteiger partial charge in [-0.15, -0.1) is 0 Å². The molecular formula is C15H23NO3. The van der Waals surface area contributed by atoms with Crippen molar-refractivity contribution >= 4 is 0 Å². The zero-order chi connectivity index (χ0) is 13.5. The molecule has 0 bridgehead atoms. The Morgan fingerprint density at radius 3 is 2.32 bits per heavy atom. The Hall–Kier alpha value is -1.26. The molecular weight excluding hydrogens is 242 g/mol. The Kier molecular flexibility index (Phi) is 5.48. The highest BCUT2D eigenvalue weighted by Crippen LogP contribution is 2.18. The molecule has 2 rings (SSSR count). The van der Waals surface area contributed by atoms with Crippen molar-refractivity contribution in [2.24, 2.45) is 0 Å². The minimum atomic E-state index is -0.157. The molecule has 0 amide bonds. The molecule has 1 N–H and O–H groups in total. The van der Waals surface area contributed by atoms with E-state index in [-0.39, 0.29) is 6.10 Å². The maximum atomic E-state index is 9.42. The first-order chi connectivity index (χ1) is 9.28. The van der Waals surface area contributed by atoms with Crippen LogP contribution in [0.1, 0.15) is 19.8 Å². The fourth-order valence-corrected chi connectivity index (χ4v) is 2.16. The smallest absolute Gasteiger partial charge is 0.119 e. The van der Waals surface area contributed by atoms with E-state index in [0.29, 0.717) is 6.61 Å². The number of aliphatic hydroxyl groups excluding tert-OH is 1. The van der Waals surface area contributed by atoms with Gasteiger partial charge in [0.2, 0.25) is 0 Å². The molecule has 19 heavy (non-hydrogen) atoms. The van der Waals surface area contributed by atoms with Crippen LogP contribution in [-0.2, 0) is 0 Å². The van der Waals surface area contributed by atoms with Gasteiger partial charge in [-0.3, -0.25) is 4.90 Å². The molecule has 0 radical (unpaired) electrons. The van der Waals surface area contributed by atoms with Gasteiger partial charge in [0.1, 0.15) is 18.1 Å². The number of β-amino-alcohol motifs (C(OH)–C–C–N with tert-alkyl or cyclic N) is 1. The van der Waals surface area contributed by atoms with Crippen LogP contribution in [0.3, 0.4) is 0 Å². The number of benzene rings is 1. The Bertz CT molecular complexity index is 366. The highest BCUT2D eigenvalue weighted by Gasteiger charge is 2.19.